The van der Waals surface area contributed by atoms with Crippen molar-refractivity contribution in [3.63, 3.8) is 0 Å². The molecule has 0 heterocycles. The highest BCUT2D eigenvalue weighted by Gasteiger charge is 2.18. The number of benzene rings is 1. The van der Waals surface area contributed by atoms with Gasteiger partial charge in [0.05, 0.1) is 11.5 Å². The molecule has 1 rings (SSSR count). The minimum atomic E-state index is -1.11. The molecule has 0 atom stereocenters. The van der Waals surface area contributed by atoms with Gasteiger partial charge in [-0.15, -0.1) is 0 Å². The summed E-state index contributed by atoms with van der Waals surface area (Å²) in [4.78, 5) is 9.32. The van der Waals surface area contributed by atoms with Crippen LogP contribution in [0.1, 0.15) is 5.56 Å². The summed E-state index contributed by atoms with van der Waals surface area (Å²) < 4.78 is 12.7. The summed E-state index contributed by atoms with van der Waals surface area (Å²) in [6.45, 7) is -0.516. The molecule has 2 N–H and O–H groups in total. The van der Waals surface area contributed by atoms with Crippen LogP contribution in [0.15, 0.2) is 12.1 Å². The predicted molar refractivity (Wildman–Crippen MR) is 40.6 cm³/mol. The van der Waals surface area contributed by atoms with Crippen LogP contribution in [0.3, 0.4) is 0 Å². The molecule has 13 heavy (non-hydrogen) atoms. The summed E-state index contributed by atoms with van der Waals surface area (Å²) in [5.74, 6) is -2.12. The number of phenols is 1. The summed E-state index contributed by atoms with van der Waals surface area (Å²) >= 11 is 0. The quantitative estimate of drug-likeness (QED) is 0.532. The van der Waals surface area contributed by atoms with Gasteiger partial charge < -0.3 is 10.2 Å². The summed E-state index contributed by atoms with van der Waals surface area (Å²) in [5.41, 5.74) is -0.703. The Morgan fingerprint density at radius 1 is 1.54 bits per heavy atom. The zero-order chi connectivity index (χ0) is 10.0. The van der Waals surface area contributed by atoms with Crippen LogP contribution < -0.4 is 0 Å². The Morgan fingerprint density at radius 2 is 2.15 bits per heavy atom. The number of nitro benzene ring substituents is 1. The number of phenolic OH excluding ortho intramolecular Hbond substituents is 1. The highest BCUT2D eigenvalue weighted by atomic mass is 19.1. The van der Waals surface area contributed by atoms with Gasteiger partial charge in [0.1, 0.15) is 0 Å². The molecule has 0 amide bonds. The molecular weight excluding hydrogens is 181 g/mol. The fourth-order valence-electron chi connectivity index (χ4n) is 0.870. The van der Waals surface area contributed by atoms with Crippen molar-refractivity contribution in [3.05, 3.63) is 33.6 Å². The van der Waals surface area contributed by atoms with E-state index < -0.39 is 28.8 Å². The molecule has 0 bridgehead atoms. The first-order valence-electron chi connectivity index (χ1n) is 3.33. The fraction of sp³-hybridized carbons (Fsp3) is 0.143. The number of aromatic hydroxyl groups is 1. The first kappa shape index (κ1) is 9.40. The lowest BCUT2D eigenvalue weighted by molar-refractivity contribution is -0.386. The maximum atomic E-state index is 12.7. The van der Waals surface area contributed by atoms with Crippen LogP contribution in [0, 0.1) is 15.9 Å². The van der Waals surface area contributed by atoms with Crippen LogP contribution in [0.5, 0.6) is 5.75 Å². The van der Waals surface area contributed by atoms with Crippen LogP contribution in [-0.4, -0.2) is 15.1 Å². The van der Waals surface area contributed by atoms with E-state index in [1.165, 1.54) is 0 Å². The maximum Gasteiger partial charge on any atom is 0.314 e. The second kappa shape index (κ2) is 3.36. The van der Waals surface area contributed by atoms with Crippen LogP contribution >= 0.6 is 0 Å². The number of nitro groups is 1. The van der Waals surface area contributed by atoms with E-state index in [0.29, 0.717) is 0 Å². The number of hydrogen-bond acceptors (Lipinski definition) is 4. The molecule has 1 aromatic rings. The SMILES string of the molecule is O=[N+]([O-])c1cc(CO)cc(F)c1O. The van der Waals surface area contributed by atoms with Gasteiger partial charge in [-0.05, 0) is 11.6 Å². The standard InChI is InChI=1S/C7H6FNO4/c8-5-1-4(3-10)2-6(7(5)11)9(12)13/h1-2,10-11H,3H2. The Hall–Kier alpha value is -1.69. The van der Waals surface area contributed by atoms with Crippen LogP contribution in [0.2, 0.25) is 0 Å². The second-order valence-electron chi connectivity index (χ2n) is 2.36. The molecule has 0 spiro atoms. The molecule has 0 unspecified atom stereocenters. The van der Waals surface area contributed by atoms with Crippen molar-refractivity contribution in [1.82, 2.24) is 0 Å². The van der Waals surface area contributed by atoms with Crippen molar-refractivity contribution in [2.45, 2.75) is 6.61 Å². The lowest BCUT2D eigenvalue weighted by atomic mass is 10.2. The molecule has 0 fully saturated rings. The van der Waals surface area contributed by atoms with E-state index in [9.17, 15) is 14.5 Å². The molecular formula is C7H6FNO4. The summed E-state index contributed by atoms with van der Waals surface area (Å²) in [5, 5.41) is 27.7. The zero-order valence-corrected chi connectivity index (χ0v) is 6.40. The molecule has 6 heteroatoms. The Morgan fingerprint density at radius 3 is 2.62 bits per heavy atom. The van der Waals surface area contributed by atoms with E-state index in [1.54, 1.807) is 0 Å². The molecule has 0 saturated carbocycles. The molecule has 0 aliphatic carbocycles. The predicted octanol–water partition coefficient (Wildman–Crippen LogP) is 0.932. The van der Waals surface area contributed by atoms with E-state index >= 15 is 0 Å². The largest absolute Gasteiger partial charge is 0.500 e. The average Bonchev–Trinajstić information content (AvgIpc) is 2.09. The van der Waals surface area contributed by atoms with Gasteiger partial charge in [0.2, 0.25) is 5.75 Å². The van der Waals surface area contributed by atoms with Crippen molar-refractivity contribution in [2.75, 3.05) is 0 Å². The molecule has 5 nitrogen and oxygen atoms in total. The first-order valence-corrected chi connectivity index (χ1v) is 3.33. The molecule has 0 radical (unpaired) electrons. The second-order valence-corrected chi connectivity index (χ2v) is 2.36. The van der Waals surface area contributed by atoms with Crippen LogP contribution in [0.25, 0.3) is 0 Å². The lowest BCUT2D eigenvalue weighted by Crippen LogP contribution is -1.94. The minimum absolute atomic E-state index is 0.0435. The van der Waals surface area contributed by atoms with Crippen LogP contribution in [-0.2, 0) is 6.61 Å². The highest BCUT2D eigenvalue weighted by molar-refractivity contribution is 5.48. The number of hydrogen-bond donors (Lipinski definition) is 2. The van der Waals surface area contributed by atoms with Gasteiger partial charge in [0.25, 0.3) is 0 Å². The van der Waals surface area contributed by atoms with Gasteiger partial charge in [0.15, 0.2) is 5.82 Å². The van der Waals surface area contributed by atoms with Gasteiger partial charge in [-0.1, -0.05) is 0 Å². The number of aliphatic hydroxyl groups is 1. The average molecular weight is 187 g/mol. The third-order valence-corrected chi connectivity index (χ3v) is 1.48. The Bertz CT molecular complexity index is 353. The molecule has 70 valence electrons. The van der Waals surface area contributed by atoms with E-state index in [1.807, 2.05) is 0 Å². The Balaban J connectivity index is 3.33. The fourth-order valence-corrected chi connectivity index (χ4v) is 0.870. The molecule has 0 aliphatic rings. The van der Waals surface area contributed by atoms with Crippen molar-refractivity contribution < 1.29 is 19.5 Å². The Labute approximate surface area is 72.2 Å². The van der Waals surface area contributed by atoms with E-state index in [0.717, 1.165) is 12.1 Å². The van der Waals surface area contributed by atoms with Gasteiger partial charge in [-0.25, -0.2) is 4.39 Å². The first-order chi connectivity index (χ1) is 6.06. The molecule has 0 aliphatic heterocycles. The van der Waals surface area contributed by atoms with E-state index in [2.05, 4.69) is 0 Å². The van der Waals surface area contributed by atoms with Gasteiger partial charge >= 0.3 is 5.69 Å². The van der Waals surface area contributed by atoms with E-state index in [-0.39, 0.29) is 5.56 Å². The third-order valence-electron chi connectivity index (χ3n) is 1.48. The van der Waals surface area contributed by atoms with Crippen molar-refractivity contribution in [3.8, 4) is 5.75 Å². The monoisotopic (exact) mass is 187 g/mol. The summed E-state index contributed by atoms with van der Waals surface area (Å²) in [6.07, 6.45) is 0. The number of aliphatic hydroxyl groups excluding tert-OH is 1. The van der Waals surface area contributed by atoms with Crippen molar-refractivity contribution >= 4 is 5.69 Å². The van der Waals surface area contributed by atoms with Crippen molar-refractivity contribution in [2.24, 2.45) is 0 Å². The number of rotatable bonds is 2. The van der Waals surface area contributed by atoms with Gasteiger partial charge in [-0.2, -0.15) is 0 Å². The summed E-state index contributed by atoms with van der Waals surface area (Å²) in [7, 11) is 0. The van der Waals surface area contributed by atoms with Gasteiger partial charge in [0, 0.05) is 6.07 Å². The normalized spacial score (nSPS) is 10.0. The van der Waals surface area contributed by atoms with Crippen LogP contribution in [0.4, 0.5) is 10.1 Å². The van der Waals surface area contributed by atoms with Crippen molar-refractivity contribution in [1.29, 1.82) is 0 Å². The smallest absolute Gasteiger partial charge is 0.314 e. The lowest BCUT2D eigenvalue weighted by Gasteiger charge is -2.00. The Kier molecular flexibility index (Phi) is 2.43. The minimum Gasteiger partial charge on any atom is -0.500 e. The topological polar surface area (TPSA) is 83.6 Å². The molecule has 1 aromatic carbocycles. The van der Waals surface area contributed by atoms with E-state index in [4.69, 9.17) is 10.2 Å². The van der Waals surface area contributed by atoms with Gasteiger partial charge in [-0.3, -0.25) is 10.1 Å². The zero-order valence-electron chi connectivity index (χ0n) is 6.40. The third kappa shape index (κ3) is 1.73. The molecule has 0 saturated heterocycles. The highest BCUT2D eigenvalue weighted by Crippen LogP contribution is 2.29. The maximum absolute atomic E-state index is 12.7. The summed E-state index contributed by atoms with van der Waals surface area (Å²) in [6, 6.07) is 1.75. The number of nitrogens with zero attached hydrogens (tertiary/aromatic N) is 1. The molecule has 0 aromatic heterocycles. The number of halogens is 1.